The van der Waals surface area contributed by atoms with Gasteiger partial charge >= 0.3 is 0 Å². The molecule has 3 saturated carbocycles. The molecule has 0 aliphatic heterocycles. The lowest BCUT2D eigenvalue weighted by atomic mass is 9.65. The summed E-state index contributed by atoms with van der Waals surface area (Å²) < 4.78 is 0. The molecule has 5 atom stereocenters. The molecule has 0 spiro atoms. The second-order valence-corrected chi connectivity index (χ2v) is 8.49. The molecule has 3 rings (SSSR count). The molecule has 0 radical (unpaired) electrons. The molecule has 5 unspecified atom stereocenters. The molecule has 0 heteroatoms. The summed E-state index contributed by atoms with van der Waals surface area (Å²) in [6.07, 6.45) is 10.7. The first-order valence-electron chi connectivity index (χ1n) is 8.51. The highest BCUT2D eigenvalue weighted by Gasteiger charge is 2.58. The van der Waals surface area contributed by atoms with Gasteiger partial charge in [-0.2, -0.15) is 0 Å². The van der Waals surface area contributed by atoms with Crippen LogP contribution in [0, 0.1) is 40.9 Å². The Morgan fingerprint density at radius 2 is 1.83 bits per heavy atom. The van der Waals surface area contributed by atoms with E-state index in [4.69, 9.17) is 0 Å². The van der Waals surface area contributed by atoms with Crippen molar-refractivity contribution in [2.45, 2.75) is 72.6 Å². The summed E-state index contributed by atoms with van der Waals surface area (Å²) >= 11 is 0. The van der Waals surface area contributed by atoms with Crippen LogP contribution in [0.2, 0.25) is 0 Å². The van der Waals surface area contributed by atoms with Gasteiger partial charge in [-0.05, 0) is 66.6 Å². The molecule has 3 aliphatic rings. The highest BCUT2D eigenvalue weighted by Crippen LogP contribution is 2.67. The predicted molar refractivity (Wildman–Crippen MR) is 78.4 cm³/mol. The van der Waals surface area contributed by atoms with Crippen LogP contribution < -0.4 is 0 Å². The van der Waals surface area contributed by atoms with Crippen LogP contribution in [0.25, 0.3) is 0 Å². The summed E-state index contributed by atoms with van der Waals surface area (Å²) in [5.41, 5.74) is 0.800. The lowest BCUT2D eigenvalue weighted by molar-refractivity contribution is 0.0917. The third-order valence-electron chi connectivity index (χ3n) is 6.87. The first kappa shape index (κ1) is 13.0. The average molecular weight is 248 g/mol. The van der Waals surface area contributed by atoms with Gasteiger partial charge in [0, 0.05) is 0 Å². The predicted octanol–water partition coefficient (Wildman–Crippen LogP) is 5.52. The monoisotopic (exact) mass is 248 g/mol. The molecule has 0 aromatic carbocycles. The van der Waals surface area contributed by atoms with Crippen molar-refractivity contribution in [3.8, 4) is 0 Å². The lowest BCUT2D eigenvalue weighted by Gasteiger charge is -2.41. The largest absolute Gasteiger partial charge is 0.0625 e. The number of hydrogen-bond donors (Lipinski definition) is 0. The summed E-state index contributed by atoms with van der Waals surface area (Å²) in [5, 5.41) is 0. The Morgan fingerprint density at radius 3 is 2.22 bits per heavy atom. The molecule has 0 nitrogen and oxygen atoms in total. The van der Waals surface area contributed by atoms with Crippen LogP contribution in [0.5, 0.6) is 0 Å². The van der Waals surface area contributed by atoms with Crippen molar-refractivity contribution >= 4 is 0 Å². The normalized spacial score (nSPS) is 42.5. The van der Waals surface area contributed by atoms with Crippen molar-refractivity contribution in [2.24, 2.45) is 40.9 Å². The van der Waals surface area contributed by atoms with Crippen LogP contribution in [0.3, 0.4) is 0 Å². The fraction of sp³-hybridized carbons (Fsp3) is 1.00. The van der Waals surface area contributed by atoms with Crippen LogP contribution in [-0.4, -0.2) is 0 Å². The van der Waals surface area contributed by atoms with Gasteiger partial charge in [0.15, 0.2) is 0 Å². The topological polar surface area (TPSA) is 0 Å². The Bertz CT molecular complexity index is 301. The van der Waals surface area contributed by atoms with E-state index in [1.54, 1.807) is 19.3 Å². The molecule has 0 saturated heterocycles. The average Bonchev–Trinajstić information content (AvgIpc) is 2.81. The van der Waals surface area contributed by atoms with Crippen molar-refractivity contribution in [2.75, 3.05) is 0 Å². The minimum absolute atomic E-state index is 0.800. The summed E-state index contributed by atoms with van der Waals surface area (Å²) in [4.78, 5) is 0. The minimum atomic E-state index is 0.800. The third-order valence-corrected chi connectivity index (χ3v) is 6.87. The van der Waals surface area contributed by atoms with E-state index in [2.05, 4.69) is 27.7 Å². The smallest absolute Gasteiger partial charge is 0.0292 e. The highest BCUT2D eigenvalue weighted by molar-refractivity contribution is 5.07. The summed E-state index contributed by atoms with van der Waals surface area (Å²) in [6, 6.07) is 0. The molecular weight excluding hydrogens is 216 g/mol. The van der Waals surface area contributed by atoms with E-state index < -0.39 is 0 Å². The standard InChI is InChI=1S/C18H32/c1-12(2)17(14-6-5-7-14)13(3)10-15-8-9-18(4)11-16(15)18/h12-17H,5-11H2,1-4H3. The van der Waals surface area contributed by atoms with Gasteiger partial charge in [0.2, 0.25) is 0 Å². The summed E-state index contributed by atoms with van der Waals surface area (Å²) in [5.74, 6) is 6.18. The minimum Gasteiger partial charge on any atom is -0.0625 e. The SMILES string of the molecule is CC(C)C(C(C)CC1CCC2(C)CC12)C1CCC1. The van der Waals surface area contributed by atoms with E-state index >= 15 is 0 Å². The maximum Gasteiger partial charge on any atom is -0.0292 e. The molecule has 0 amide bonds. The van der Waals surface area contributed by atoms with Crippen LogP contribution >= 0.6 is 0 Å². The Labute approximate surface area is 114 Å². The van der Waals surface area contributed by atoms with E-state index in [0.717, 1.165) is 40.9 Å². The van der Waals surface area contributed by atoms with Crippen LogP contribution in [0.4, 0.5) is 0 Å². The maximum atomic E-state index is 2.57. The molecule has 3 aliphatic carbocycles. The molecule has 18 heavy (non-hydrogen) atoms. The quantitative estimate of drug-likeness (QED) is 0.601. The van der Waals surface area contributed by atoms with Gasteiger partial charge < -0.3 is 0 Å². The zero-order chi connectivity index (χ0) is 12.9. The second kappa shape index (κ2) is 4.53. The molecule has 0 heterocycles. The van der Waals surface area contributed by atoms with Crippen molar-refractivity contribution in [1.82, 2.24) is 0 Å². The Hall–Kier alpha value is 0. The maximum absolute atomic E-state index is 2.57. The Morgan fingerprint density at radius 1 is 1.11 bits per heavy atom. The second-order valence-electron chi connectivity index (χ2n) is 8.49. The van der Waals surface area contributed by atoms with Crippen LogP contribution in [0.1, 0.15) is 72.6 Å². The lowest BCUT2D eigenvalue weighted by Crippen LogP contribution is -2.32. The van der Waals surface area contributed by atoms with Crippen molar-refractivity contribution in [1.29, 1.82) is 0 Å². The number of rotatable bonds is 5. The van der Waals surface area contributed by atoms with Gasteiger partial charge in [0.05, 0.1) is 0 Å². The highest BCUT2D eigenvalue weighted by atomic mass is 14.6. The van der Waals surface area contributed by atoms with Crippen molar-refractivity contribution in [3.63, 3.8) is 0 Å². The van der Waals surface area contributed by atoms with Crippen molar-refractivity contribution < 1.29 is 0 Å². The van der Waals surface area contributed by atoms with E-state index in [-0.39, 0.29) is 0 Å². The molecular formula is C18H32. The molecule has 0 aromatic rings. The zero-order valence-electron chi connectivity index (χ0n) is 12.9. The van der Waals surface area contributed by atoms with Gasteiger partial charge in [-0.3, -0.25) is 0 Å². The molecule has 0 aromatic heterocycles. The van der Waals surface area contributed by atoms with E-state index in [0.29, 0.717) is 0 Å². The van der Waals surface area contributed by atoms with Gasteiger partial charge in [0.25, 0.3) is 0 Å². The van der Waals surface area contributed by atoms with Gasteiger partial charge in [-0.15, -0.1) is 0 Å². The fourth-order valence-electron chi connectivity index (χ4n) is 5.59. The van der Waals surface area contributed by atoms with E-state index in [9.17, 15) is 0 Å². The molecule has 3 fully saturated rings. The fourth-order valence-corrected chi connectivity index (χ4v) is 5.59. The first-order chi connectivity index (χ1) is 8.51. The Balaban J connectivity index is 1.57. The van der Waals surface area contributed by atoms with Gasteiger partial charge in [-0.1, -0.05) is 47.0 Å². The Kier molecular flexibility index (Phi) is 3.27. The van der Waals surface area contributed by atoms with E-state index in [1.165, 1.54) is 25.7 Å². The number of fused-ring (bicyclic) bond motifs is 1. The molecule has 0 N–H and O–H groups in total. The van der Waals surface area contributed by atoms with Gasteiger partial charge in [-0.25, -0.2) is 0 Å². The number of hydrogen-bond acceptors (Lipinski definition) is 0. The van der Waals surface area contributed by atoms with Crippen molar-refractivity contribution in [3.05, 3.63) is 0 Å². The van der Waals surface area contributed by atoms with Crippen LogP contribution in [-0.2, 0) is 0 Å². The molecule has 0 bridgehead atoms. The third kappa shape index (κ3) is 2.14. The van der Waals surface area contributed by atoms with Crippen LogP contribution in [0.15, 0.2) is 0 Å². The summed E-state index contributed by atoms with van der Waals surface area (Å²) in [7, 11) is 0. The first-order valence-corrected chi connectivity index (χ1v) is 8.51. The summed E-state index contributed by atoms with van der Waals surface area (Å²) in [6.45, 7) is 10.0. The van der Waals surface area contributed by atoms with Gasteiger partial charge in [0.1, 0.15) is 0 Å². The zero-order valence-corrected chi connectivity index (χ0v) is 12.9. The molecule has 104 valence electrons. The van der Waals surface area contributed by atoms with E-state index in [1.807, 2.05) is 0 Å².